The quantitative estimate of drug-likeness (QED) is 0.744. The van der Waals surface area contributed by atoms with Crippen molar-refractivity contribution in [1.29, 1.82) is 0 Å². The molecule has 3 N–H and O–H groups in total. The molecule has 2 aliphatic rings. The van der Waals surface area contributed by atoms with Gasteiger partial charge in [-0.1, -0.05) is 25.1 Å². The van der Waals surface area contributed by atoms with E-state index in [9.17, 15) is 9.59 Å². The highest BCUT2D eigenvalue weighted by molar-refractivity contribution is 5.89. The Labute approximate surface area is 162 Å². The molecular weight excluding hydrogens is 340 g/mol. The minimum absolute atomic E-state index is 0.0654. The fourth-order valence-corrected chi connectivity index (χ4v) is 4.06. The highest BCUT2D eigenvalue weighted by Gasteiger charge is 2.26. The van der Waals surface area contributed by atoms with E-state index in [4.69, 9.17) is 0 Å². The summed E-state index contributed by atoms with van der Waals surface area (Å²) in [6.45, 7) is 5.67. The van der Waals surface area contributed by atoms with Crippen LogP contribution >= 0.6 is 0 Å². The Kier molecular flexibility index (Phi) is 7.10. The number of urea groups is 1. The Morgan fingerprint density at radius 3 is 2.59 bits per heavy atom. The van der Waals surface area contributed by atoms with Crippen molar-refractivity contribution < 1.29 is 9.59 Å². The molecule has 0 bridgehead atoms. The molecular formula is C21H32N4O2. The molecule has 2 atom stereocenters. The summed E-state index contributed by atoms with van der Waals surface area (Å²) in [5.41, 5.74) is 0.809. The minimum atomic E-state index is -0.0654. The smallest absolute Gasteiger partial charge is 0.321 e. The Balaban J connectivity index is 1.37. The molecule has 27 heavy (non-hydrogen) atoms. The van der Waals surface area contributed by atoms with Crippen molar-refractivity contribution >= 4 is 17.6 Å². The van der Waals surface area contributed by atoms with Gasteiger partial charge in [0, 0.05) is 31.2 Å². The monoisotopic (exact) mass is 372 g/mol. The molecule has 148 valence electrons. The number of hydrogen-bond donors (Lipinski definition) is 3. The molecule has 2 aliphatic heterocycles. The van der Waals surface area contributed by atoms with Crippen molar-refractivity contribution in [2.24, 2.45) is 11.8 Å². The zero-order chi connectivity index (χ0) is 19.1. The van der Waals surface area contributed by atoms with E-state index in [1.54, 1.807) is 0 Å². The number of carbonyl (C=O) groups is 2. The van der Waals surface area contributed by atoms with Gasteiger partial charge in [-0.05, 0) is 62.7 Å². The second-order valence-electron chi connectivity index (χ2n) is 7.91. The third-order valence-corrected chi connectivity index (χ3v) is 5.82. The first-order valence-electron chi connectivity index (χ1n) is 10.2. The van der Waals surface area contributed by atoms with Crippen LogP contribution in [-0.2, 0) is 4.79 Å². The average molecular weight is 373 g/mol. The van der Waals surface area contributed by atoms with Crippen LogP contribution in [0.25, 0.3) is 0 Å². The summed E-state index contributed by atoms with van der Waals surface area (Å²) in [5.74, 6) is 1.17. The van der Waals surface area contributed by atoms with Crippen LogP contribution in [0.3, 0.4) is 0 Å². The van der Waals surface area contributed by atoms with E-state index in [1.807, 2.05) is 35.2 Å². The lowest BCUT2D eigenvalue weighted by molar-refractivity contribution is -0.123. The van der Waals surface area contributed by atoms with Gasteiger partial charge in [-0.2, -0.15) is 0 Å². The van der Waals surface area contributed by atoms with Gasteiger partial charge in [0.15, 0.2) is 0 Å². The number of rotatable bonds is 5. The maximum atomic E-state index is 12.4. The molecule has 0 spiro atoms. The van der Waals surface area contributed by atoms with E-state index in [2.05, 4.69) is 22.9 Å². The maximum Gasteiger partial charge on any atom is 0.321 e. The van der Waals surface area contributed by atoms with Gasteiger partial charge >= 0.3 is 6.03 Å². The molecule has 2 heterocycles. The average Bonchev–Trinajstić information content (AvgIpc) is 2.70. The number of nitrogens with one attached hydrogen (secondary N) is 3. The number of anilines is 1. The summed E-state index contributed by atoms with van der Waals surface area (Å²) < 4.78 is 0. The van der Waals surface area contributed by atoms with Gasteiger partial charge in [0.25, 0.3) is 0 Å². The molecule has 0 radical (unpaired) electrons. The summed E-state index contributed by atoms with van der Waals surface area (Å²) in [6.07, 6.45) is 4.65. The third kappa shape index (κ3) is 5.96. The van der Waals surface area contributed by atoms with Crippen LogP contribution in [0.5, 0.6) is 0 Å². The third-order valence-electron chi connectivity index (χ3n) is 5.82. The van der Waals surface area contributed by atoms with E-state index in [0.29, 0.717) is 31.3 Å². The van der Waals surface area contributed by atoms with Gasteiger partial charge in [-0.15, -0.1) is 0 Å². The van der Waals surface area contributed by atoms with Crippen LogP contribution in [0.2, 0.25) is 0 Å². The highest BCUT2D eigenvalue weighted by atomic mass is 16.2. The summed E-state index contributed by atoms with van der Waals surface area (Å²) in [6, 6.07) is 9.61. The lowest BCUT2D eigenvalue weighted by Gasteiger charge is -2.33. The van der Waals surface area contributed by atoms with E-state index in [1.165, 1.54) is 12.8 Å². The van der Waals surface area contributed by atoms with Gasteiger partial charge in [0.2, 0.25) is 5.91 Å². The lowest BCUT2D eigenvalue weighted by Crippen LogP contribution is -2.48. The molecule has 2 saturated heterocycles. The van der Waals surface area contributed by atoms with E-state index in [-0.39, 0.29) is 18.0 Å². The zero-order valence-corrected chi connectivity index (χ0v) is 16.2. The number of piperidine rings is 2. The lowest BCUT2D eigenvalue weighted by atomic mass is 9.85. The van der Waals surface area contributed by atoms with Crippen LogP contribution < -0.4 is 16.0 Å². The van der Waals surface area contributed by atoms with Crippen LogP contribution in [0, 0.1) is 11.8 Å². The molecule has 6 heteroatoms. The van der Waals surface area contributed by atoms with Gasteiger partial charge < -0.3 is 20.9 Å². The standard InChI is InChI=1S/C21H32N4O2/c1-16(17-6-5-11-22-15-17)14-20(26)23-19-9-12-25(13-10-19)21(27)24-18-7-3-2-4-8-18/h2-4,7-8,16-17,19,22H,5-6,9-15H2,1H3,(H,23,26)(H,24,27). The first kappa shape index (κ1) is 19.7. The summed E-state index contributed by atoms with van der Waals surface area (Å²) >= 11 is 0. The number of benzene rings is 1. The Morgan fingerprint density at radius 1 is 1.19 bits per heavy atom. The van der Waals surface area contributed by atoms with Crippen molar-refractivity contribution in [2.75, 3.05) is 31.5 Å². The van der Waals surface area contributed by atoms with Crippen LogP contribution in [-0.4, -0.2) is 49.1 Å². The molecule has 0 aliphatic carbocycles. The number of carbonyl (C=O) groups excluding carboxylic acids is 2. The van der Waals surface area contributed by atoms with E-state index >= 15 is 0 Å². The van der Waals surface area contributed by atoms with E-state index in [0.717, 1.165) is 31.6 Å². The summed E-state index contributed by atoms with van der Waals surface area (Å²) in [5, 5.41) is 9.53. The first-order chi connectivity index (χ1) is 13.1. The summed E-state index contributed by atoms with van der Waals surface area (Å²) in [4.78, 5) is 26.6. The molecule has 1 aromatic carbocycles. The topological polar surface area (TPSA) is 73.5 Å². The molecule has 3 rings (SSSR count). The number of nitrogens with zero attached hydrogens (tertiary/aromatic N) is 1. The zero-order valence-electron chi connectivity index (χ0n) is 16.2. The van der Waals surface area contributed by atoms with Gasteiger partial charge in [0.1, 0.15) is 0 Å². The van der Waals surface area contributed by atoms with Crippen molar-refractivity contribution in [1.82, 2.24) is 15.5 Å². The van der Waals surface area contributed by atoms with Crippen LogP contribution in [0.15, 0.2) is 30.3 Å². The molecule has 3 amide bonds. The van der Waals surface area contributed by atoms with Crippen molar-refractivity contribution in [2.45, 2.75) is 45.1 Å². The Bertz CT molecular complexity index is 608. The molecule has 2 unspecified atom stereocenters. The maximum absolute atomic E-state index is 12.4. The predicted molar refractivity (Wildman–Crippen MR) is 108 cm³/mol. The Hall–Kier alpha value is -2.08. The first-order valence-corrected chi connectivity index (χ1v) is 10.2. The van der Waals surface area contributed by atoms with Gasteiger partial charge in [-0.3, -0.25) is 4.79 Å². The molecule has 0 aromatic heterocycles. The minimum Gasteiger partial charge on any atom is -0.353 e. The van der Waals surface area contributed by atoms with Crippen LogP contribution in [0.4, 0.5) is 10.5 Å². The molecule has 6 nitrogen and oxygen atoms in total. The number of para-hydroxylation sites is 1. The second-order valence-corrected chi connectivity index (χ2v) is 7.91. The predicted octanol–water partition coefficient (Wildman–Crippen LogP) is 2.82. The number of hydrogen-bond acceptors (Lipinski definition) is 3. The highest BCUT2D eigenvalue weighted by Crippen LogP contribution is 2.22. The van der Waals surface area contributed by atoms with Crippen molar-refractivity contribution in [3.05, 3.63) is 30.3 Å². The number of amides is 3. The van der Waals surface area contributed by atoms with Gasteiger partial charge in [0.05, 0.1) is 0 Å². The second kappa shape index (κ2) is 9.74. The normalized spacial score (nSPS) is 22.1. The summed E-state index contributed by atoms with van der Waals surface area (Å²) in [7, 11) is 0. The van der Waals surface area contributed by atoms with Gasteiger partial charge in [-0.25, -0.2) is 4.79 Å². The number of likely N-dealkylation sites (tertiary alicyclic amines) is 1. The molecule has 1 aromatic rings. The largest absolute Gasteiger partial charge is 0.353 e. The van der Waals surface area contributed by atoms with E-state index < -0.39 is 0 Å². The van der Waals surface area contributed by atoms with Crippen LogP contribution in [0.1, 0.15) is 39.0 Å². The molecule has 2 fully saturated rings. The molecule has 0 saturated carbocycles. The fraction of sp³-hybridized carbons (Fsp3) is 0.619. The Morgan fingerprint density at radius 2 is 1.93 bits per heavy atom. The van der Waals surface area contributed by atoms with Crippen molar-refractivity contribution in [3.63, 3.8) is 0 Å². The van der Waals surface area contributed by atoms with Crippen molar-refractivity contribution in [3.8, 4) is 0 Å². The fourth-order valence-electron chi connectivity index (χ4n) is 4.06. The SMILES string of the molecule is CC(CC(=O)NC1CCN(C(=O)Nc2ccccc2)CC1)C1CCCNC1.